The van der Waals surface area contributed by atoms with Crippen LogP contribution in [0.3, 0.4) is 0 Å². The summed E-state index contributed by atoms with van der Waals surface area (Å²) in [5.41, 5.74) is 1.41. The number of aliphatic imine (C=N–C) groups is 1. The summed E-state index contributed by atoms with van der Waals surface area (Å²) < 4.78 is 60.8. The summed E-state index contributed by atoms with van der Waals surface area (Å²) in [4.78, 5) is 3.74. The molecule has 0 saturated carbocycles. The van der Waals surface area contributed by atoms with Gasteiger partial charge in [-0.25, -0.2) is 0 Å². The predicted molar refractivity (Wildman–Crippen MR) is 43.4 cm³/mol. The van der Waals surface area contributed by atoms with E-state index in [0.29, 0.717) is 0 Å². The molecule has 0 atom stereocenters. The number of rotatable bonds is 0. The SMILES string of the molecule is ClC=[N+]1C=CN=C1.F[P-](F)(F)(F)(F)F. The van der Waals surface area contributed by atoms with Crippen molar-refractivity contribution in [1.29, 1.82) is 0 Å². The molecule has 0 spiro atoms. The van der Waals surface area contributed by atoms with Crippen molar-refractivity contribution in [1.82, 2.24) is 0 Å². The molecule has 0 saturated heterocycles. The third kappa shape index (κ3) is 17.5. The molecule has 10 heteroatoms. The minimum absolute atomic E-state index is 1.41. The Bertz CT molecular complexity index is 274. The second-order valence-electron chi connectivity index (χ2n) is 2.07. The van der Waals surface area contributed by atoms with Gasteiger partial charge in [0, 0.05) is 0 Å². The zero-order valence-corrected chi connectivity index (χ0v) is 7.95. The first-order chi connectivity index (χ1) is 5.88. The Hall–Kier alpha value is -0.620. The Balaban J connectivity index is 0.000000241. The number of halogens is 7. The first kappa shape index (κ1) is 13.4. The molecule has 1 rings (SSSR count). The molecular formula is C4H4ClF6N2P. The van der Waals surface area contributed by atoms with E-state index < -0.39 is 7.81 Å². The standard InChI is InChI=1S/C4H4ClN2.F6P/c5-3-7-2-1-6-4-7;1-7(2,3,4,5)6/h1-4H;/q+1;-1. The van der Waals surface area contributed by atoms with Crippen LogP contribution in [0.1, 0.15) is 0 Å². The van der Waals surface area contributed by atoms with Gasteiger partial charge in [0.25, 0.3) is 6.34 Å². The molecular weight excluding hydrogens is 256 g/mol. The van der Waals surface area contributed by atoms with Gasteiger partial charge in [0.05, 0.1) is 0 Å². The quantitative estimate of drug-likeness (QED) is 0.353. The van der Waals surface area contributed by atoms with Crippen LogP contribution in [0.15, 0.2) is 17.4 Å². The van der Waals surface area contributed by atoms with Gasteiger partial charge in [-0.1, -0.05) is 4.99 Å². The predicted octanol–water partition coefficient (Wildman–Crippen LogP) is 4.16. The van der Waals surface area contributed by atoms with Crippen molar-refractivity contribution in [2.24, 2.45) is 4.99 Å². The fourth-order valence-corrected chi connectivity index (χ4v) is 0.443. The first-order valence-corrected chi connectivity index (χ1v) is 5.32. The molecule has 2 nitrogen and oxygen atoms in total. The van der Waals surface area contributed by atoms with Crippen LogP contribution in [0.2, 0.25) is 0 Å². The van der Waals surface area contributed by atoms with Crippen molar-refractivity contribution in [3.63, 3.8) is 0 Å². The van der Waals surface area contributed by atoms with E-state index in [2.05, 4.69) is 4.99 Å². The number of hydrogen-bond donors (Lipinski definition) is 0. The van der Waals surface area contributed by atoms with Crippen LogP contribution in [0.5, 0.6) is 0 Å². The molecule has 0 amide bonds. The van der Waals surface area contributed by atoms with E-state index in [4.69, 9.17) is 11.6 Å². The van der Waals surface area contributed by atoms with E-state index in [9.17, 15) is 25.2 Å². The van der Waals surface area contributed by atoms with E-state index in [-0.39, 0.29) is 0 Å². The zero-order chi connectivity index (χ0) is 11.5. The summed E-state index contributed by atoms with van der Waals surface area (Å²) in [5, 5.41) is 0. The molecule has 0 radical (unpaired) electrons. The maximum atomic E-state index is 9.87. The van der Waals surface area contributed by atoms with Crippen molar-refractivity contribution in [3.8, 4) is 0 Å². The van der Waals surface area contributed by atoms with Gasteiger partial charge >= 0.3 is 33.0 Å². The van der Waals surface area contributed by atoms with Crippen molar-refractivity contribution in [2.75, 3.05) is 0 Å². The van der Waals surface area contributed by atoms with Crippen LogP contribution < -0.4 is 0 Å². The van der Waals surface area contributed by atoms with Gasteiger partial charge in [-0.2, -0.15) is 4.58 Å². The number of hydrogen-bond acceptors (Lipinski definition) is 1. The molecule has 14 heavy (non-hydrogen) atoms. The molecule has 84 valence electrons. The summed E-state index contributed by atoms with van der Waals surface area (Å²) in [7, 11) is -10.7. The average Bonchev–Trinajstić information content (AvgIpc) is 2.29. The molecule has 0 aliphatic carbocycles. The van der Waals surface area contributed by atoms with E-state index in [1.165, 1.54) is 5.67 Å². The van der Waals surface area contributed by atoms with E-state index in [1.54, 1.807) is 23.3 Å². The van der Waals surface area contributed by atoms with Crippen LogP contribution in [-0.2, 0) is 0 Å². The number of nitrogens with zero attached hydrogens (tertiary/aromatic N) is 2. The summed E-state index contributed by atoms with van der Waals surface area (Å²) in [5.74, 6) is 0. The molecule has 1 heterocycles. The van der Waals surface area contributed by atoms with Crippen molar-refractivity contribution < 1.29 is 29.8 Å². The molecule has 1 aliphatic heterocycles. The van der Waals surface area contributed by atoms with Gasteiger partial charge in [-0.3, -0.25) is 0 Å². The summed E-state index contributed by atoms with van der Waals surface area (Å²) in [6.45, 7) is 0. The van der Waals surface area contributed by atoms with E-state index in [1.807, 2.05) is 0 Å². The Morgan fingerprint density at radius 1 is 1.14 bits per heavy atom. The second kappa shape index (κ2) is 3.20. The Morgan fingerprint density at radius 3 is 1.71 bits per heavy atom. The molecule has 0 bridgehead atoms. The fraction of sp³-hybridized carbons (Fsp3) is 0. The van der Waals surface area contributed by atoms with Gasteiger partial charge in [-0.05, 0) is 11.6 Å². The van der Waals surface area contributed by atoms with Crippen LogP contribution >= 0.6 is 19.4 Å². The molecule has 0 N–H and O–H groups in total. The average molecular weight is 261 g/mol. The monoisotopic (exact) mass is 260 g/mol. The van der Waals surface area contributed by atoms with Crippen molar-refractivity contribution in [3.05, 3.63) is 12.4 Å². The topological polar surface area (TPSA) is 15.4 Å². The van der Waals surface area contributed by atoms with Gasteiger partial charge in [0.2, 0.25) is 0 Å². The molecule has 0 aromatic carbocycles. The molecule has 0 aromatic heterocycles. The zero-order valence-electron chi connectivity index (χ0n) is 6.30. The molecule has 0 fully saturated rings. The summed E-state index contributed by atoms with van der Waals surface area (Å²) >= 11 is 5.27. The molecule has 0 unspecified atom stereocenters. The molecule has 0 aromatic rings. The van der Waals surface area contributed by atoms with E-state index >= 15 is 0 Å². The van der Waals surface area contributed by atoms with Crippen LogP contribution in [0, 0.1) is 0 Å². The molecule has 1 aliphatic rings. The van der Waals surface area contributed by atoms with Gasteiger partial charge < -0.3 is 0 Å². The van der Waals surface area contributed by atoms with Crippen LogP contribution in [-0.4, -0.2) is 16.6 Å². The van der Waals surface area contributed by atoms with Crippen molar-refractivity contribution >= 4 is 31.4 Å². The summed E-state index contributed by atoms with van der Waals surface area (Å²) in [6.07, 6.45) is 5.04. The van der Waals surface area contributed by atoms with Gasteiger partial charge in [0.15, 0.2) is 11.9 Å². The van der Waals surface area contributed by atoms with Gasteiger partial charge in [0.1, 0.15) is 6.20 Å². The van der Waals surface area contributed by atoms with Crippen LogP contribution in [0.25, 0.3) is 0 Å². The van der Waals surface area contributed by atoms with Crippen LogP contribution in [0.4, 0.5) is 25.2 Å². The Kier molecular flexibility index (Phi) is 3.06. The first-order valence-electron chi connectivity index (χ1n) is 2.86. The fourth-order valence-electron chi connectivity index (χ4n) is 0.327. The summed E-state index contributed by atoms with van der Waals surface area (Å²) in [6, 6.07) is 0. The second-order valence-corrected chi connectivity index (χ2v) is 4.18. The minimum atomic E-state index is -10.7. The third-order valence-corrected chi connectivity index (χ3v) is 0.863. The Labute approximate surface area is 79.4 Å². The normalized spacial score (nSPS) is 22.6. The van der Waals surface area contributed by atoms with E-state index in [0.717, 1.165) is 0 Å². The Morgan fingerprint density at radius 2 is 1.57 bits per heavy atom. The van der Waals surface area contributed by atoms with Gasteiger partial charge in [-0.15, -0.1) is 0 Å². The maximum absolute atomic E-state index is 10.7. The van der Waals surface area contributed by atoms with Crippen molar-refractivity contribution in [2.45, 2.75) is 0 Å². The third-order valence-electron chi connectivity index (χ3n) is 0.638.